The molecule has 0 unspecified atom stereocenters. The number of fused-ring (bicyclic) bond motifs is 2. The number of H-pyrrole nitrogens is 1. The Morgan fingerprint density at radius 3 is 2.61 bits per heavy atom. The topological polar surface area (TPSA) is 53.1 Å². The Morgan fingerprint density at radius 1 is 1.17 bits per heavy atom. The SMILES string of the molecule is O=C(O)Cc1c[nH]c2cc3c(cc12)CCCCC3. The van der Waals surface area contributed by atoms with E-state index in [2.05, 4.69) is 17.1 Å². The smallest absolute Gasteiger partial charge is 0.307 e. The van der Waals surface area contributed by atoms with E-state index >= 15 is 0 Å². The van der Waals surface area contributed by atoms with Crippen molar-refractivity contribution in [2.75, 3.05) is 0 Å². The van der Waals surface area contributed by atoms with Gasteiger partial charge in [-0.1, -0.05) is 6.42 Å². The molecule has 0 bridgehead atoms. The van der Waals surface area contributed by atoms with Gasteiger partial charge in [0.05, 0.1) is 6.42 Å². The molecule has 3 nitrogen and oxygen atoms in total. The first-order valence-corrected chi connectivity index (χ1v) is 6.57. The van der Waals surface area contributed by atoms with E-state index in [1.807, 2.05) is 6.20 Å². The number of aryl methyl sites for hydroxylation is 2. The molecule has 3 heteroatoms. The molecule has 0 atom stereocenters. The molecule has 0 spiro atoms. The standard InChI is InChI=1S/C15H17NO2/c17-15(18)8-12-9-16-14-7-11-5-3-1-2-4-10(11)6-13(12)14/h6-7,9,16H,1-5,8H2,(H,17,18). The Balaban J connectivity index is 2.09. The minimum atomic E-state index is -0.772. The van der Waals surface area contributed by atoms with Crippen molar-refractivity contribution in [2.24, 2.45) is 0 Å². The number of carboxylic acids is 1. The third-order valence-electron chi connectivity index (χ3n) is 3.82. The van der Waals surface area contributed by atoms with Crippen LogP contribution in [0.5, 0.6) is 0 Å². The van der Waals surface area contributed by atoms with E-state index in [1.165, 1.54) is 30.4 Å². The van der Waals surface area contributed by atoms with Crippen LogP contribution in [0.1, 0.15) is 36.0 Å². The number of rotatable bonds is 2. The molecule has 0 saturated carbocycles. The van der Waals surface area contributed by atoms with E-state index in [4.69, 9.17) is 5.11 Å². The fraction of sp³-hybridized carbons (Fsp3) is 0.400. The Labute approximate surface area is 106 Å². The molecule has 2 aromatic rings. The van der Waals surface area contributed by atoms with Gasteiger partial charge in [0.1, 0.15) is 0 Å². The molecule has 3 rings (SSSR count). The summed E-state index contributed by atoms with van der Waals surface area (Å²) in [5, 5.41) is 10.00. The molecule has 18 heavy (non-hydrogen) atoms. The second-order valence-corrected chi connectivity index (χ2v) is 5.11. The van der Waals surface area contributed by atoms with Gasteiger partial charge in [-0.3, -0.25) is 4.79 Å². The molecule has 1 aromatic heterocycles. The Morgan fingerprint density at radius 2 is 1.89 bits per heavy atom. The molecular formula is C15H17NO2. The van der Waals surface area contributed by atoms with Gasteiger partial charge in [-0.15, -0.1) is 0 Å². The lowest BCUT2D eigenvalue weighted by Gasteiger charge is -2.06. The molecule has 0 fully saturated rings. The number of carbonyl (C=O) groups is 1. The number of nitrogens with one attached hydrogen (secondary N) is 1. The first-order chi connectivity index (χ1) is 8.74. The van der Waals surface area contributed by atoms with Gasteiger partial charge in [-0.25, -0.2) is 0 Å². The molecule has 94 valence electrons. The average molecular weight is 243 g/mol. The second-order valence-electron chi connectivity index (χ2n) is 5.11. The largest absolute Gasteiger partial charge is 0.481 e. The summed E-state index contributed by atoms with van der Waals surface area (Å²) in [6.45, 7) is 0. The van der Waals surface area contributed by atoms with Crippen LogP contribution in [-0.2, 0) is 24.1 Å². The molecule has 0 aliphatic heterocycles. The molecular weight excluding hydrogens is 226 g/mol. The fourth-order valence-electron chi connectivity index (χ4n) is 2.90. The van der Waals surface area contributed by atoms with Gasteiger partial charge in [0.2, 0.25) is 0 Å². The zero-order valence-corrected chi connectivity index (χ0v) is 10.3. The molecule has 1 aliphatic carbocycles. The quantitative estimate of drug-likeness (QED) is 0.796. The van der Waals surface area contributed by atoms with Crippen LogP contribution in [0.3, 0.4) is 0 Å². The lowest BCUT2D eigenvalue weighted by atomic mass is 9.99. The average Bonchev–Trinajstić information content (AvgIpc) is 2.58. The number of carboxylic acid groups (broad SMARTS) is 1. The highest BCUT2D eigenvalue weighted by Gasteiger charge is 2.13. The second kappa shape index (κ2) is 4.48. The number of aliphatic carboxylic acids is 1. The highest BCUT2D eigenvalue weighted by atomic mass is 16.4. The third kappa shape index (κ3) is 2.01. The van der Waals surface area contributed by atoms with E-state index in [0.717, 1.165) is 29.3 Å². The Hall–Kier alpha value is -1.77. The third-order valence-corrected chi connectivity index (χ3v) is 3.82. The predicted octanol–water partition coefficient (Wildman–Crippen LogP) is 3.06. The molecule has 0 amide bonds. The Bertz CT molecular complexity index is 598. The van der Waals surface area contributed by atoms with Gasteiger partial charge in [0.15, 0.2) is 0 Å². The van der Waals surface area contributed by atoms with Crippen molar-refractivity contribution in [3.8, 4) is 0 Å². The summed E-state index contributed by atoms with van der Waals surface area (Å²) in [6.07, 6.45) is 8.02. The number of hydrogen-bond acceptors (Lipinski definition) is 1. The first-order valence-electron chi connectivity index (χ1n) is 6.57. The molecule has 0 saturated heterocycles. The van der Waals surface area contributed by atoms with Gasteiger partial charge in [-0.05, 0) is 54.5 Å². The van der Waals surface area contributed by atoms with Crippen molar-refractivity contribution in [2.45, 2.75) is 38.5 Å². The zero-order chi connectivity index (χ0) is 12.5. The molecule has 1 aliphatic rings. The van der Waals surface area contributed by atoms with Crippen LogP contribution in [0.25, 0.3) is 10.9 Å². The van der Waals surface area contributed by atoms with Crippen molar-refractivity contribution in [3.63, 3.8) is 0 Å². The van der Waals surface area contributed by atoms with Crippen LogP contribution in [0, 0.1) is 0 Å². The van der Waals surface area contributed by atoms with Crippen LogP contribution < -0.4 is 0 Å². The van der Waals surface area contributed by atoms with Gasteiger partial charge in [-0.2, -0.15) is 0 Å². The summed E-state index contributed by atoms with van der Waals surface area (Å²) < 4.78 is 0. The zero-order valence-electron chi connectivity index (χ0n) is 10.3. The summed E-state index contributed by atoms with van der Waals surface area (Å²) in [7, 11) is 0. The lowest BCUT2D eigenvalue weighted by Crippen LogP contribution is -1.99. The maximum Gasteiger partial charge on any atom is 0.307 e. The first kappa shape index (κ1) is 11.3. The fourth-order valence-corrected chi connectivity index (χ4v) is 2.90. The molecule has 0 radical (unpaired) electrons. The lowest BCUT2D eigenvalue weighted by molar-refractivity contribution is -0.136. The summed E-state index contributed by atoms with van der Waals surface area (Å²) in [5.74, 6) is -0.772. The summed E-state index contributed by atoms with van der Waals surface area (Å²) in [4.78, 5) is 14.0. The van der Waals surface area contributed by atoms with E-state index in [9.17, 15) is 4.79 Å². The van der Waals surface area contributed by atoms with Crippen LogP contribution >= 0.6 is 0 Å². The molecule has 2 N–H and O–H groups in total. The predicted molar refractivity (Wildman–Crippen MR) is 70.9 cm³/mol. The number of benzene rings is 1. The van der Waals surface area contributed by atoms with E-state index in [0.29, 0.717) is 0 Å². The summed E-state index contributed by atoms with van der Waals surface area (Å²) >= 11 is 0. The van der Waals surface area contributed by atoms with Crippen molar-refractivity contribution in [1.29, 1.82) is 0 Å². The monoisotopic (exact) mass is 243 g/mol. The van der Waals surface area contributed by atoms with E-state index in [-0.39, 0.29) is 6.42 Å². The van der Waals surface area contributed by atoms with Crippen LogP contribution in [0.4, 0.5) is 0 Å². The Kier molecular flexibility index (Phi) is 2.82. The minimum Gasteiger partial charge on any atom is -0.481 e. The van der Waals surface area contributed by atoms with E-state index < -0.39 is 5.97 Å². The van der Waals surface area contributed by atoms with Gasteiger partial charge >= 0.3 is 5.97 Å². The number of hydrogen-bond donors (Lipinski definition) is 2. The van der Waals surface area contributed by atoms with Crippen molar-refractivity contribution in [3.05, 3.63) is 35.0 Å². The van der Waals surface area contributed by atoms with Gasteiger partial charge in [0.25, 0.3) is 0 Å². The highest BCUT2D eigenvalue weighted by Crippen LogP contribution is 2.27. The van der Waals surface area contributed by atoms with Crippen LogP contribution in [-0.4, -0.2) is 16.1 Å². The molecule has 1 heterocycles. The summed E-state index contributed by atoms with van der Waals surface area (Å²) in [6, 6.07) is 4.41. The minimum absolute atomic E-state index is 0.0960. The van der Waals surface area contributed by atoms with Gasteiger partial charge < -0.3 is 10.1 Å². The molecule has 1 aromatic carbocycles. The number of aromatic amines is 1. The van der Waals surface area contributed by atoms with Crippen LogP contribution in [0.15, 0.2) is 18.3 Å². The van der Waals surface area contributed by atoms with Crippen molar-refractivity contribution in [1.82, 2.24) is 4.98 Å². The normalized spacial score (nSPS) is 15.3. The number of aromatic nitrogens is 1. The van der Waals surface area contributed by atoms with Crippen LogP contribution in [0.2, 0.25) is 0 Å². The van der Waals surface area contributed by atoms with Crippen molar-refractivity contribution >= 4 is 16.9 Å². The van der Waals surface area contributed by atoms with E-state index in [1.54, 1.807) is 0 Å². The van der Waals surface area contributed by atoms with Gasteiger partial charge in [0, 0.05) is 17.1 Å². The summed E-state index contributed by atoms with van der Waals surface area (Å²) in [5.41, 5.74) is 4.81. The highest BCUT2D eigenvalue weighted by molar-refractivity contribution is 5.88. The maximum absolute atomic E-state index is 10.8. The van der Waals surface area contributed by atoms with Crippen molar-refractivity contribution < 1.29 is 9.90 Å². The maximum atomic E-state index is 10.8.